The molecule has 0 bridgehead atoms. The summed E-state index contributed by atoms with van der Waals surface area (Å²) in [5.74, 6) is 0.245. The molecule has 0 N–H and O–H groups in total. The molecule has 0 radical (unpaired) electrons. The Kier molecular flexibility index (Phi) is 5.43. The van der Waals surface area contributed by atoms with Gasteiger partial charge in [-0.05, 0) is 31.4 Å². The monoisotopic (exact) mass is 426 g/mol. The minimum Gasteiger partial charge on any atom is -0.447 e. The van der Waals surface area contributed by atoms with Crippen LogP contribution in [0.3, 0.4) is 0 Å². The fraction of sp³-hybridized carbons (Fsp3) is 0.238. The van der Waals surface area contributed by atoms with E-state index in [4.69, 9.17) is 16.3 Å². The van der Waals surface area contributed by atoms with Gasteiger partial charge in [-0.1, -0.05) is 60.1 Å². The van der Waals surface area contributed by atoms with Gasteiger partial charge >= 0.3 is 0 Å². The SMILES string of the molecule is CCC(=O)N1c2ccc(Cl)cc2-c2nnc(SC)nc2O[C@H]1c1ccc(C)cc1. The molecule has 0 unspecified atom stereocenters. The highest BCUT2D eigenvalue weighted by atomic mass is 35.5. The quantitative estimate of drug-likeness (QED) is 0.545. The van der Waals surface area contributed by atoms with E-state index in [1.807, 2.05) is 50.4 Å². The number of aromatic nitrogens is 3. The van der Waals surface area contributed by atoms with Crippen molar-refractivity contribution < 1.29 is 9.53 Å². The van der Waals surface area contributed by atoms with Gasteiger partial charge in [-0.15, -0.1) is 10.2 Å². The van der Waals surface area contributed by atoms with Crippen molar-refractivity contribution in [1.29, 1.82) is 0 Å². The molecule has 148 valence electrons. The molecule has 2 aromatic carbocycles. The molecule has 3 aromatic rings. The highest BCUT2D eigenvalue weighted by Gasteiger charge is 2.35. The van der Waals surface area contributed by atoms with Crippen molar-refractivity contribution in [2.24, 2.45) is 0 Å². The molecule has 0 saturated heterocycles. The Hall–Kier alpha value is -2.64. The van der Waals surface area contributed by atoms with Crippen molar-refractivity contribution in [3.05, 3.63) is 58.6 Å². The number of ether oxygens (including phenoxy) is 1. The van der Waals surface area contributed by atoms with Crippen molar-refractivity contribution in [2.75, 3.05) is 11.2 Å². The lowest BCUT2D eigenvalue weighted by Gasteiger charge is -2.30. The Morgan fingerprint density at radius 2 is 1.97 bits per heavy atom. The topological polar surface area (TPSA) is 68.2 Å². The van der Waals surface area contributed by atoms with Crippen LogP contribution in [-0.2, 0) is 4.79 Å². The number of nitrogens with zero attached hydrogens (tertiary/aromatic N) is 4. The molecule has 1 atom stereocenters. The summed E-state index contributed by atoms with van der Waals surface area (Å²) in [6, 6.07) is 13.2. The maximum absolute atomic E-state index is 13.0. The first kappa shape index (κ1) is 19.7. The van der Waals surface area contributed by atoms with E-state index in [-0.39, 0.29) is 5.91 Å². The highest BCUT2D eigenvalue weighted by Crippen LogP contribution is 2.44. The Bertz CT molecular complexity index is 1070. The molecule has 1 aliphatic rings. The lowest BCUT2D eigenvalue weighted by Crippen LogP contribution is -2.37. The van der Waals surface area contributed by atoms with Crippen molar-refractivity contribution in [1.82, 2.24) is 15.2 Å². The zero-order valence-corrected chi connectivity index (χ0v) is 17.8. The van der Waals surface area contributed by atoms with Gasteiger partial charge in [0.15, 0.2) is 5.69 Å². The van der Waals surface area contributed by atoms with Gasteiger partial charge in [-0.3, -0.25) is 9.69 Å². The summed E-state index contributed by atoms with van der Waals surface area (Å²) >= 11 is 7.64. The molecule has 1 aliphatic heterocycles. The third-order valence-corrected chi connectivity index (χ3v) is 5.46. The number of benzene rings is 2. The first-order valence-electron chi connectivity index (χ1n) is 9.15. The maximum atomic E-state index is 13.0. The van der Waals surface area contributed by atoms with E-state index in [0.717, 1.165) is 11.1 Å². The van der Waals surface area contributed by atoms with E-state index in [1.165, 1.54) is 11.8 Å². The number of halogens is 1. The lowest BCUT2D eigenvalue weighted by molar-refractivity contribution is -0.120. The van der Waals surface area contributed by atoms with E-state index in [0.29, 0.717) is 39.4 Å². The van der Waals surface area contributed by atoms with Crippen LogP contribution in [0, 0.1) is 6.92 Å². The number of thioether (sulfide) groups is 1. The van der Waals surface area contributed by atoms with Gasteiger partial charge < -0.3 is 4.74 Å². The third kappa shape index (κ3) is 3.68. The maximum Gasteiger partial charge on any atom is 0.247 e. The lowest BCUT2D eigenvalue weighted by atomic mass is 10.1. The minimum atomic E-state index is -0.685. The molecular weight excluding hydrogens is 408 g/mol. The molecule has 6 nitrogen and oxygen atoms in total. The summed E-state index contributed by atoms with van der Waals surface area (Å²) < 4.78 is 6.32. The smallest absolute Gasteiger partial charge is 0.247 e. The molecule has 0 fully saturated rings. The summed E-state index contributed by atoms with van der Waals surface area (Å²) in [4.78, 5) is 19.2. The summed E-state index contributed by atoms with van der Waals surface area (Å²) in [5.41, 5.74) is 3.76. The van der Waals surface area contributed by atoms with Gasteiger partial charge in [0.05, 0.1) is 5.69 Å². The fourth-order valence-electron chi connectivity index (χ4n) is 3.21. The second-order valence-corrected chi connectivity index (χ2v) is 7.82. The first-order chi connectivity index (χ1) is 14.0. The largest absolute Gasteiger partial charge is 0.447 e. The molecule has 0 aliphatic carbocycles. The molecule has 0 spiro atoms. The van der Waals surface area contributed by atoms with E-state index in [1.54, 1.807) is 17.0 Å². The number of fused-ring (bicyclic) bond motifs is 3. The van der Waals surface area contributed by atoms with Crippen LogP contribution in [0.5, 0.6) is 5.88 Å². The van der Waals surface area contributed by atoms with Gasteiger partial charge in [-0.2, -0.15) is 4.98 Å². The predicted molar refractivity (Wildman–Crippen MR) is 114 cm³/mol. The fourth-order valence-corrected chi connectivity index (χ4v) is 3.68. The van der Waals surface area contributed by atoms with Gasteiger partial charge in [0.2, 0.25) is 23.2 Å². The normalized spacial score (nSPS) is 15.2. The van der Waals surface area contributed by atoms with Gasteiger partial charge in [0.25, 0.3) is 0 Å². The van der Waals surface area contributed by atoms with Crippen LogP contribution in [0.1, 0.15) is 30.7 Å². The molecule has 2 heterocycles. The van der Waals surface area contributed by atoms with E-state index >= 15 is 0 Å². The Morgan fingerprint density at radius 1 is 1.21 bits per heavy atom. The molecule has 4 rings (SSSR count). The standard InChI is InChI=1S/C21H19ClN4O2S/c1-4-17(27)26-16-10-9-14(22)11-15(16)18-19(23-21(29-3)25-24-18)28-20(26)13-7-5-12(2)6-8-13/h5-11,20H,4H2,1-3H3/t20-/m0/s1. The number of rotatable bonds is 3. The van der Waals surface area contributed by atoms with Gasteiger partial charge in [-0.25, -0.2) is 0 Å². The Morgan fingerprint density at radius 3 is 2.66 bits per heavy atom. The Labute approximate surface area is 178 Å². The summed E-state index contributed by atoms with van der Waals surface area (Å²) in [7, 11) is 0. The van der Waals surface area contributed by atoms with Crippen LogP contribution in [0.4, 0.5) is 5.69 Å². The highest BCUT2D eigenvalue weighted by molar-refractivity contribution is 7.98. The second-order valence-electron chi connectivity index (χ2n) is 6.61. The molecule has 8 heteroatoms. The average Bonchev–Trinajstić information content (AvgIpc) is 2.87. The van der Waals surface area contributed by atoms with Crippen LogP contribution in [0.25, 0.3) is 11.3 Å². The number of anilines is 1. The predicted octanol–water partition coefficient (Wildman–Crippen LogP) is 5.06. The van der Waals surface area contributed by atoms with Crippen LogP contribution < -0.4 is 9.64 Å². The van der Waals surface area contributed by atoms with E-state index in [9.17, 15) is 4.79 Å². The zero-order valence-electron chi connectivity index (χ0n) is 16.2. The zero-order chi connectivity index (χ0) is 20.5. The van der Waals surface area contributed by atoms with Crippen LogP contribution in [-0.4, -0.2) is 27.3 Å². The van der Waals surface area contributed by atoms with Gasteiger partial charge in [0, 0.05) is 22.6 Å². The Balaban J connectivity index is 1.99. The first-order valence-corrected chi connectivity index (χ1v) is 10.8. The summed E-state index contributed by atoms with van der Waals surface area (Å²) in [6.07, 6.45) is 1.50. The molecule has 1 aromatic heterocycles. The number of aryl methyl sites for hydroxylation is 1. The van der Waals surface area contributed by atoms with Crippen molar-refractivity contribution in [3.63, 3.8) is 0 Å². The summed E-state index contributed by atoms with van der Waals surface area (Å²) in [6.45, 7) is 3.84. The van der Waals surface area contributed by atoms with Gasteiger partial charge in [0.1, 0.15) is 0 Å². The molecule has 0 saturated carbocycles. The molecule has 1 amide bonds. The van der Waals surface area contributed by atoms with Crippen molar-refractivity contribution in [3.8, 4) is 17.1 Å². The van der Waals surface area contributed by atoms with E-state index in [2.05, 4.69) is 15.2 Å². The van der Waals surface area contributed by atoms with Crippen molar-refractivity contribution >= 4 is 35.0 Å². The minimum absolute atomic E-state index is 0.0787. The molecule has 29 heavy (non-hydrogen) atoms. The van der Waals surface area contributed by atoms with Crippen LogP contribution in [0.2, 0.25) is 5.02 Å². The molecular formula is C21H19ClN4O2S. The van der Waals surface area contributed by atoms with Crippen molar-refractivity contribution in [2.45, 2.75) is 31.7 Å². The van der Waals surface area contributed by atoms with E-state index < -0.39 is 6.23 Å². The van der Waals surface area contributed by atoms with Crippen LogP contribution in [0.15, 0.2) is 47.6 Å². The number of hydrogen-bond donors (Lipinski definition) is 0. The number of carbonyl (C=O) groups excluding carboxylic acids is 1. The van der Waals surface area contributed by atoms with Crippen LogP contribution >= 0.6 is 23.4 Å². The number of amides is 1. The number of carbonyl (C=O) groups is 1. The summed E-state index contributed by atoms with van der Waals surface area (Å²) in [5, 5.41) is 9.52. The average molecular weight is 427 g/mol. The number of hydrogen-bond acceptors (Lipinski definition) is 6. The third-order valence-electron chi connectivity index (χ3n) is 4.68. The second kappa shape index (κ2) is 8.00.